The lowest BCUT2D eigenvalue weighted by molar-refractivity contribution is -0.147. The number of fused-ring (bicyclic) bond motifs is 2. The molecule has 0 amide bonds. The maximum Gasteiger partial charge on any atom is 0.387 e. The molecular formula is C41H37F5N4O6. The van der Waals surface area contributed by atoms with Crippen molar-refractivity contribution in [3.05, 3.63) is 82.9 Å². The summed E-state index contributed by atoms with van der Waals surface area (Å²) >= 11 is 0. The zero-order valence-electron chi connectivity index (χ0n) is 30.4. The Bertz CT molecular complexity index is 2410. The summed E-state index contributed by atoms with van der Waals surface area (Å²) in [6.45, 7) is -0.978. The van der Waals surface area contributed by atoms with Crippen LogP contribution in [0.15, 0.2) is 69.5 Å². The molecule has 2 aliphatic heterocycles. The predicted molar refractivity (Wildman–Crippen MR) is 196 cm³/mol. The number of esters is 1. The first-order valence-electron chi connectivity index (χ1n) is 18.2. The first-order chi connectivity index (χ1) is 27.0. The fraction of sp³-hybridized carbons (Fsp3) is 0.341. The van der Waals surface area contributed by atoms with E-state index in [1.165, 1.54) is 18.2 Å². The standard InChI is InChI=1S/C41H37F5N4O6/c1-21-26(6-3-8-28(21)37-48-31-14-23(18-50-13-11-25(42)19-50)33(55-40(43)44)16-35(31)53-37)27-7-4-9-29(22(27)2)38-49-32-15-24(20-52-39(51)30-10-5-12-47-30)34(56-41(45)46)17-36(32)54-38/h3-4,6-9,14-17,25,30,40-41,47H,5,10-13,18-20H2,1-2H3/t25?,30-/m0/s1. The van der Waals surface area contributed by atoms with Crippen LogP contribution < -0.4 is 14.8 Å². The Kier molecular flexibility index (Phi) is 10.4. The second-order valence-electron chi connectivity index (χ2n) is 14.0. The normalized spacial score (nSPS) is 17.5. The number of halogens is 5. The number of ether oxygens (including phenoxy) is 3. The molecule has 4 heterocycles. The maximum atomic E-state index is 13.9. The number of aromatic nitrogens is 2. The Labute approximate surface area is 317 Å². The summed E-state index contributed by atoms with van der Waals surface area (Å²) < 4.78 is 94.8. The molecule has 0 spiro atoms. The Balaban J connectivity index is 1.10. The average Bonchev–Trinajstić information content (AvgIpc) is 3.98. The van der Waals surface area contributed by atoms with Gasteiger partial charge in [0.25, 0.3) is 0 Å². The predicted octanol–water partition coefficient (Wildman–Crippen LogP) is 9.13. The summed E-state index contributed by atoms with van der Waals surface area (Å²) in [5.41, 5.74) is 6.62. The van der Waals surface area contributed by atoms with E-state index in [-0.39, 0.29) is 59.7 Å². The van der Waals surface area contributed by atoms with Crippen LogP contribution in [0.1, 0.15) is 41.5 Å². The molecular weight excluding hydrogens is 739 g/mol. The van der Waals surface area contributed by atoms with Gasteiger partial charge in [-0.25, -0.2) is 14.4 Å². The van der Waals surface area contributed by atoms with Crippen LogP contribution in [-0.2, 0) is 22.7 Å². The highest BCUT2D eigenvalue weighted by atomic mass is 19.3. The fourth-order valence-corrected chi connectivity index (χ4v) is 7.50. The van der Waals surface area contributed by atoms with Crippen molar-refractivity contribution in [3.63, 3.8) is 0 Å². The van der Waals surface area contributed by atoms with E-state index < -0.39 is 31.4 Å². The quantitative estimate of drug-likeness (QED) is 0.0954. The Hall–Kier alpha value is -5.54. The summed E-state index contributed by atoms with van der Waals surface area (Å²) in [7, 11) is 0. The molecule has 0 saturated carbocycles. The number of carbonyl (C=O) groups excluding carboxylic acids is 1. The molecule has 56 heavy (non-hydrogen) atoms. The van der Waals surface area contributed by atoms with Crippen LogP contribution in [0.5, 0.6) is 11.5 Å². The van der Waals surface area contributed by atoms with Gasteiger partial charge in [0.15, 0.2) is 11.2 Å². The van der Waals surface area contributed by atoms with Crippen LogP contribution in [0.25, 0.3) is 56.2 Å². The zero-order valence-corrected chi connectivity index (χ0v) is 30.4. The fourth-order valence-electron chi connectivity index (χ4n) is 7.50. The third kappa shape index (κ3) is 7.65. The van der Waals surface area contributed by atoms with Gasteiger partial charge < -0.3 is 28.4 Å². The van der Waals surface area contributed by atoms with Gasteiger partial charge in [-0.15, -0.1) is 0 Å². The van der Waals surface area contributed by atoms with Crippen LogP contribution in [0.3, 0.4) is 0 Å². The second-order valence-corrected chi connectivity index (χ2v) is 14.0. The molecule has 1 unspecified atom stereocenters. The molecule has 2 aromatic heterocycles. The van der Waals surface area contributed by atoms with Crippen LogP contribution in [0.2, 0.25) is 0 Å². The molecule has 2 saturated heterocycles. The molecule has 4 aromatic carbocycles. The summed E-state index contributed by atoms with van der Waals surface area (Å²) in [5.74, 6) is -0.185. The van der Waals surface area contributed by atoms with Crippen molar-refractivity contribution in [1.29, 1.82) is 0 Å². The minimum Gasteiger partial charge on any atom is -0.460 e. The maximum absolute atomic E-state index is 13.9. The molecule has 6 aromatic rings. The molecule has 8 rings (SSSR count). The number of benzene rings is 4. The van der Waals surface area contributed by atoms with Gasteiger partial charge >= 0.3 is 19.2 Å². The van der Waals surface area contributed by atoms with Crippen LogP contribution in [0, 0.1) is 13.8 Å². The van der Waals surface area contributed by atoms with E-state index in [2.05, 4.69) is 10.3 Å². The number of nitrogens with one attached hydrogen (secondary N) is 1. The van der Waals surface area contributed by atoms with Gasteiger partial charge in [-0.05, 0) is 86.2 Å². The monoisotopic (exact) mass is 776 g/mol. The van der Waals surface area contributed by atoms with Crippen molar-refractivity contribution in [1.82, 2.24) is 20.2 Å². The van der Waals surface area contributed by atoms with E-state index in [4.69, 9.17) is 28.0 Å². The van der Waals surface area contributed by atoms with E-state index in [0.717, 1.165) is 28.7 Å². The minimum atomic E-state index is -3.12. The van der Waals surface area contributed by atoms with E-state index in [0.29, 0.717) is 53.7 Å². The highest BCUT2D eigenvalue weighted by Gasteiger charge is 2.27. The van der Waals surface area contributed by atoms with Gasteiger partial charge in [0.2, 0.25) is 11.8 Å². The highest BCUT2D eigenvalue weighted by molar-refractivity contribution is 5.85. The van der Waals surface area contributed by atoms with E-state index in [9.17, 15) is 26.7 Å². The van der Waals surface area contributed by atoms with Crippen molar-refractivity contribution < 1.29 is 49.8 Å². The van der Waals surface area contributed by atoms with Crippen molar-refractivity contribution >= 4 is 28.2 Å². The average molecular weight is 777 g/mol. The minimum absolute atomic E-state index is 0.0519. The van der Waals surface area contributed by atoms with Crippen LogP contribution in [-0.4, -0.2) is 65.9 Å². The number of hydrogen-bond donors (Lipinski definition) is 1. The van der Waals surface area contributed by atoms with Gasteiger partial charge in [0.1, 0.15) is 41.4 Å². The Morgan fingerprint density at radius 1 is 0.821 bits per heavy atom. The molecule has 2 aliphatic rings. The lowest BCUT2D eigenvalue weighted by atomic mass is 9.91. The number of alkyl halides is 5. The van der Waals surface area contributed by atoms with Crippen molar-refractivity contribution in [2.24, 2.45) is 0 Å². The molecule has 0 radical (unpaired) electrons. The zero-order chi connectivity index (χ0) is 39.1. The third-order valence-corrected chi connectivity index (χ3v) is 10.3. The molecule has 10 nitrogen and oxygen atoms in total. The van der Waals surface area contributed by atoms with Crippen molar-refractivity contribution in [3.8, 4) is 45.5 Å². The van der Waals surface area contributed by atoms with E-state index in [1.807, 2.05) is 55.1 Å². The van der Waals surface area contributed by atoms with Gasteiger partial charge in [0, 0.05) is 54.0 Å². The smallest absolute Gasteiger partial charge is 0.387 e. The number of hydrogen-bond acceptors (Lipinski definition) is 10. The molecule has 0 aliphatic carbocycles. The largest absolute Gasteiger partial charge is 0.460 e. The Morgan fingerprint density at radius 2 is 1.38 bits per heavy atom. The topological polar surface area (TPSA) is 112 Å². The molecule has 15 heteroatoms. The summed E-state index contributed by atoms with van der Waals surface area (Å²) in [5, 5.41) is 3.06. The lowest BCUT2D eigenvalue weighted by Crippen LogP contribution is -2.32. The highest BCUT2D eigenvalue weighted by Crippen LogP contribution is 2.40. The number of carbonyl (C=O) groups is 1. The lowest BCUT2D eigenvalue weighted by Gasteiger charge is -2.17. The van der Waals surface area contributed by atoms with E-state index in [1.54, 1.807) is 6.07 Å². The number of oxazole rings is 2. The molecule has 2 atom stereocenters. The second kappa shape index (κ2) is 15.5. The molecule has 292 valence electrons. The van der Waals surface area contributed by atoms with Crippen molar-refractivity contribution in [2.75, 3.05) is 19.6 Å². The molecule has 2 fully saturated rings. The van der Waals surface area contributed by atoms with Gasteiger partial charge in [-0.3, -0.25) is 9.69 Å². The number of nitrogens with zero attached hydrogens (tertiary/aromatic N) is 3. The number of rotatable bonds is 12. The van der Waals surface area contributed by atoms with Gasteiger partial charge in [-0.2, -0.15) is 17.6 Å². The van der Waals surface area contributed by atoms with Crippen LogP contribution in [0.4, 0.5) is 22.0 Å². The summed E-state index contributed by atoms with van der Waals surface area (Å²) in [6, 6.07) is 16.7. The molecule has 0 bridgehead atoms. The first kappa shape index (κ1) is 37.4. The van der Waals surface area contributed by atoms with E-state index >= 15 is 0 Å². The van der Waals surface area contributed by atoms with Crippen molar-refractivity contribution in [2.45, 2.75) is 71.7 Å². The van der Waals surface area contributed by atoms with Crippen LogP contribution >= 0.6 is 0 Å². The first-order valence-corrected chi connectivity index (χ1v) is 18.2. The SMILES string of the molecule is Cc1c(-c2nc3cc(COC(=O)[C@@H]4CCCN4)c(OC(F)F)cc3o2)cccc1-c1cccc(-c2nc3cc(CN4CCC(F)C4)c(OC(F)F)cc3o2)c1C. The number of likely N-dealkylation sites (tertiary alicyclic amines) is 1. The van der Waals surface area contributed by atoms with Gasteiger partial charge in [0.05, 0.1) is 0 Å². The summed E-state index contributed by atoms with van der Waals surface area (Å²) in [6.07, 6.45) is 0.891. The molecule has 1 N–H and O–H groups in total. The van der Waals surface area contributed by atoms with Gasteiger partial charge in [-0.1, -0.05) is 24.3 Å². The summed E-state index contributed by atoms with van der Waals surface area (Å²) in [4.78, 5) is 23.8. The third-order valence-electron chi connectivity index (χ3n) is 10.3. The Morgan fingerprint density at radius 3 is 1.89 bits per heavy atom.